The van der Waals surface area contributed by atoms with Crippen LogP contribution in [0.25, 0.3) is 0 Å². The van der Waals surface area contributed by atoms with Crippen LogP contribution in [0.2, 0.25) is 0 Å². The average Bonchev–Trinajstić information content (AvgIpc) is 3.14. The van der Waals surface area contributed by atoms with Gasteiger partial charge in [0.1, 0.15) is 0 Å². The predicted octanol–water partition coefficient (Wildman–Crippen LogP) is 6.93. The maximum Gasteiger partial charge on any atom is 0.0155 e. The summed E-state index contributed by atoms with van der Waals surface area (Å²) in [6, 6.07) is 0. The first-order valence-electron chi connectivity index (χ1n) is 9.71. The van der Waals surface area contributed by atoms with E-state index in [-0.39, 0.29) is 10.8 Å². The molecule has 0 nitrogen and oxygen atoms in total. The molecule has 4 aliphatic carbocycles. The van der Waals surface area contributed by atoms with Crippen molar-refractivity contribution in [3.05, 3.63) is 56.7 Å². The van der Waals surface area contributed by atoms with E-state index in [1.807, 2.05) is 0 Å². The van der Waals surface area contributed by atoms with Crippen LogP contribution in [0.15, 0.2) is 56.7 Å². The van der Waals surface area contributed by atoms with E-state index in [0.29, 0.717) is 11.8 Å². The van der Waals surface area contributed by atoms with Gasteiger partial charge in [0.25, 0.3) is 0 Å². The molecular formula is C24H32. The second-order valence-corrected chi connectivity index (χ2v) is 9.89. The van der Waals surface area contributed by atoms with E-state index in [9.17, 15) is 0 Å². The highest BCUT2D eigenvalue weighted by molar-refractivity contribution is 5.76. The smallest absolute Gasteiger partial charge is 0.0155 e. The molecule has 0 aromatic rings. The molecule has 0 aromatic heterocycles. The summed E-state index contributed by atoms with van der Waals surface area (Å²) < 4.78 is 0. The van der Waals surface area contributed by atoms with Gasteiger partial charge < -0.3 is 0 Å². The van der Waals surface area contributed by atoms with E-state index in [4.69, 9.17) is 0 Å². The molecule has 0 atom stereocenters. The molecule has 24 heavy (non-hydrogen) atoms. The first-order valence-corrected chi connectivity index (χ1v) is 9.71. The molecule has 128 valence electrons. The third-order valence-corrected chi connectivity index (χ3v) is 7.00. The minimum absolute atomic E-state index is 0.177. The van der Waals surface area contributed by atoms with Crippen LogP contribution >= 0.6 is 0 Å². The van der Waals surface area contributed by atoms with E-state index in [0.717, 1.165) is 0 Å². The Morgan fingerprint density at radius 3 is 1.29 bits per heavy atom. The van der Waals surface area contributed by atoms with Crippen LogP contribution in [0.4, 0.5) is 0 Å². The summed E-state index contributed by atoms with van der Waals surface area (Å²) in [5, 5.41) is 0. The zero-order chi connectivity index (χ0) is 17.6. The monoisotopic (exact) mass is 320 g/mol. The molecule has 0 radical (unpaired) electrons. The number of allylic oxidation sites excluding steroid dienone is 10. The van der Waals surface area contributed by atoms with Gasteiger partial charge in [-0.2, -0.15) is 0 Å². The Morgan fingerprint density at radius 1 is 0.667 bits per heavy atom. The summed E-state index contributed by atoms with van der Waals surface area (Å²) in [4.78, 5) is 0. The molecule has 0 saturated carbocycles. The zero-order valence-corrected chi connectivity index (χ0v) is 16.7. The van der Waals surface area contributed by atoms with Gasteiger partial charge in [-0.1, -0.05) is 78.7 Å². The molecule has 0 heterocycles. The molecule has 0 spiro atoms. The van der Waals surface area contributed by atoms with Crippen LogP contribution in [0, 0.1) is 22.7 Å². The topological polar surface area (TPSA) is 0 Å². The largest absolute Gasteiger partial charge is 0.0629 e. The van der Waals surface area contributed by atoms with Crippen molar-refractivity contribution in [3.63, 3.8) is 0 Å². The van der Waals surface area contributed by atoms with Crippen LogP contribution in [-0.2, 0) is 0 Å². The number of fused-ring (bicyclic) bond motifs is 2. The van der Waals surface area contributed by atoms with Crippen molar-refractivity contribution in [1.82, 2.24) is 0 Å². The van der Waals surface area contributed by atoms with Crippen molar-refractivity contribution in [2.24, 2.45) is 22.7 Å². The highest BCUT2D eigenvalue weighted by Crippen LogP contribution is 2.67. The SMILES string of the molecule is CC(C)C1=CC2=C(C1)C1=C(C3=C(C=C(C(C)C)C3)C1(C)C)C2(C)C. The first kappa shape index (κ1) is 16.2. The second kappa shape index (κ2) is 4.65. The molecule has 0 saturated heterocycles. The molecule has 0 aliphatic heterocycles. The van der Waals surface area contributed by atoms with Crippen molar-refractivity contribution in [3.8, 4) is 0 Å². The Hall–Kier alpha value is -1.30. The maximum absolute atomic E-state index is 2.54. The molecule has 0 amide bonds. The Bertz CT molecular complexity index is 727. The van der Waals surface area contributed by atoms with Crippen LogP contribution in [-0.4, -0.2) is 0 Å². The van der Waals surface area contributed by atoms with Crippen molar-refractivity contribution in [1.29, 1.82) is 0 Å². The minimum atomic E-state index is 0.177. The predicted molar refractivity (Wildman–Crippen MR) is 104 cm³/mol. The summed E-state index contributed by atoms with van der Waals surface area (Å²) in [6.45, 7) is 19.2. The van der Waals surface area contributed by atoms with Crippen molar-refractivity contribution < 1.29 is 0 Å². The molecule has 0 bridgehead atoms. The lowest BCUT2D eigenvalue weighted by molar-refractivity contribution is 0.551. The number of hydrogen-bond donors (Lipinski definition) is 0. The van der Waals surface area contributed by atoms with Gasteiger partial charge in [-0.05, 0) is 58.1 Å². The third kappa shape index (κ3) is 1.81. The highest BCUT2D eigenvalue weighted by atomic mass is 14.6. The molecule has 0 unspecified atom stereocenters. The summed E-state index contributed by atoms with van der Waals surface area (Å²) >= 11 is 0. The van der Waals surface area contributed by atoms with E-state index < -0.39 is 0 Å². The number of hydrogen-bond acceptors (Lipinski definition) is 0. The normalized spacial score (nSPS) is 26.6. The summed E-state index contributed by atoms with van der Waals surface area (Å²) in [6.07, 6.45) is 7.45. The summed E-state index contributed by atoms with van der Waals surface area (Å²) in [5.41, 5.74) is 13.5. The third-order valence-electron chi connectivity index (χ3n) is 7.00. The van der Waals surface area contributed by atoms with E-state index in [2.05, 4.69) is 67.5 Å². The Labute approximate surface area is 148 Å². The van der Waals surface area contributed by atoms with Gasteiger partial charge in [0.15, 0.2) is 0 Å². The van der Waals surface area contributed by atoms with E-state index in [1.54, 1.807) is 44.6 Å². The van der Waals surface area contributed by atoms with Gasteiger partial charge in [-0.15, -0.1) is 0 Å². The quantitative estimate of drug-likeness (QED) is 0.517. The lowest BCUT2D eigenvalue weighted by Crippen LogP contribution is -2.16. The molecule has 0 N–H and O–H groups in total. The fourth-order valence-corrected chi connectivity index (χ4v) is 5.50. The second-order valence-electron chi connectivity index (χ2n) is 9.89. The fraction of sp³-hybridized carbons (Fsp3) is 0.583. The summed E-state index contributed by atoms with van der Waals surface area (Å²) in [5.74, 6) is 1.32. The van der Waals surface area contributed by atoms with Crippen molar-refractivity contribution >= 4 is 0 Å². The Kier molecular flexibility index (Phi) is 3.14. The molecule has 4 aliphatic rings. The molecule has 0 fully saturated rings. The summed E-state index contributed by atoms with van der Waals surface area (Å²) in [7, 11) is 0. The maximum atomic E-state index is 2.54. The van der Waals surface area contributed by atoms with Gasteiger partial charge in [0.2, 0.25) is 0 Å². The highest BCUT2D eigenvalue weighted by Gasteiger charge is 2.53. The van der Waals surface area contributed by atoms with Crippen molar-refractivity contribution in [2.75, 3.05) is 0 Å². The average molecular weight is 321 g/mol. The lowest BCUT2D eigenvalue weighted by atomic mass is 9.76. The van der Waals surface area contributed by atoms with Crippen LogP contribution in [0.1, 0.15) is 68.2 Å². The minimum Gasteiger partial charge on any atom is -0.0629 e. The van der Waals surface area contributed by atoms with Crippen molar-refractivity contribution in [2.45, 2.75) is 68.2 Å². The van der Waals surface area contributed by atoms with Gasteiger partial charge in [0.05, 0.1) is 0 Å². The number of rotatable bonds is 2. The fourth-order valence-electron chi connectivity index (χ4n) is 5.50. The van der Waals surface area contributed by atoms with Crippen LogP contribution in [0.3, 0.4) is 0 Å². The van der Waals surface area contributed by atoms with Gasteiger partial charge in [0, 0.05) is 10.8 Å². The standard InChI is InChI=1S/C24H32/c1-13(2)15-9-17-19(11-15)23(5,6)22-18-10-16(14(3)4)12-20(18)24(7,8)21(17)22/h11-14H,9-10H2,1-8H3. The molecule has 0 heteroatoms. The zero-order valence-electron chi connectivity index (χ0n) is 16.7. The Balaban J connectivity index is 1.81. The van der Waals surface area contributed by atoms with E-state index >= 15 is 0 Å². The van der Waals surface area contributed by atoms with Gasteiger partial charge in [-0.3, -0.25) is 0 Å². The Morgan fingerprint density at radius 2 is 1.00 bits per heavy atom. The van der Waals surface area contributed by atoms with E-state index in [1.165, 1.54) is 12.8 Å². The van der Waals surface area contributed by atoms with Gasteiger partial charge in [-0.25, -0.2) is 0 Å². The molecule has 4 rings (SSSR count). The van der Waals surface area contributed by atoms with Crippen LogP contribution < -0.4 is 0 Å². The van der Waals surface area contributed by atoms with Gasteiger partial charge >= 0.3 is 0 Å². The molecular weight excluding hydrogens is 288 g/mol. The molecule has 0 aromatic carbocycles. The lowest BCUT2D eigenvalue weighted by Gasteiger charge is -2.28. The van der Waals surface area contributed by atoms with Crippen LogP contribution in [0.5, 0.6) is 0 Å². The first-order chi connectivity index (χ1) is 11.1.